The van der Waals surface area contributed by atoms with Gasteiger partial charge >= 0.3 is 5.97 Å². The number of hydrogen-bond donors (Lipinski definition) is 5. The van der Waals surface area contributed by atoms with Gasteiger partial charge in [-0.1, -0.05) is 31.9 Å². The number of benzene rings is 1. The summed E-state index contributed by atoms with van der Waals surface area (Å²) in [6.45, 7) is 9.28. The quantitative estimate of drug-likeness (QED) is 0.139. The van der Waals surface area contributed by atoms with Crippen LogP contribution in [0.5, 0.6) is 5.75 Å². The maximum absolute atomic E-state index is 12.4. The summed E-state index contributed by atoms with van der Waals surface area (Å²) in [5.41, 5.74) is 9.98. The fraction of sp³-hybridized carbons (Fsp3) is 0.545. The molecule has 0 aliphatic carbocycles. The lowest BCUT2D eigenvalue weighted by Crippen LogP contribution is -2.51. The molecule has 1 unspecified atom stereocenters. The van der Waals surface area contributed by atoms with Crippen LogP contribution in [-0.4, -0.2) is 117 Å². The number of thioether (sulfide) groups is 1. The largest absolute Gasteiger partial charge is 0.496 e. The lowest BCUT2D eigenvalue weighted by molar-refractivity contribution is -0.141. The predicted molar refractivity (Wildman–Crippen MR) is 187 cm³/mol. The van der Waals surface area contributed by atoms with E-state index in [9.17, 15) is 14.4 Å². The zero-order valence-electron chi connectivity index (χ0n) is 27.7. The van der Waals surface area contributed by atoms with Crippen molar-refractivity contribution >= 4 is 52.3 Å². The summed E-state index contributed by atoms with van der Waals surface area (Å²) in [6.07, 6.45) is 5.43. The number of aliphatic carboxylic acids is 1. The van der Waals surface area contributed by atoms with E-state index in [0.717, 1.165) is 93.2 Å². The van der Waals surface area contributed by atoms with Gasteiger partial charge in [-0.25, -0.2) is 9.78 Å². The first kappa shape index (κ1) is 35.2. The van der Waals surface area contributed by atoms with Gasteiger partial charge in [0.2, 0.25) is 17.8 Å². The number of nitrogens with one attached hydrogen (secondary N) is 3. The number of carboxylic acid groups (broad SMARTS) is 1. The summed E-state index contributed by atoms with van der Waals surface area (Å²) in [6, 6.07) is 7.48. The Bertz CT molecular complexity index is 1580. The molecule has 260 valence electrons. The molecular formula is C33H47N9O5S. The minimum Gasteiger partial charge on any atom is -0.496 e. The highest BCUT2D eigenvalue weighted by molar-refractivity contribution is 8.00. The van der Waals surface area contributed by atoms with E-state index in [1.165, 1.54) is 17.3 Å². The number of fused-ring (bicyclic) bond motifs is 1. The van der Waals surface area contributed by atoms with Crippen molar-refractivity contribution in [3.05, 3.63) is 41.6 Å². The topological polar surface area (TPSA) is 180 Å². The molecule has 48 heavy (non-hydrogen) atoms. The highest BCUT2D eigenvalue weighted by Gasteiger charge is 2.33. The minimum atomic E-state index is -1.06. The van der Waals surface area contributed by atoms with Gasteiger partial charge in [-0.15, -0.1) is 11.8 Å². The Labute approximate surface area is 285 Å². The standard InChI is InChI=1S/C33H47N9O5S/c1-3-4-5-9-36-30-29-24(38-33(34)39-30)8-11-42(29)20-23-7-6-22(17-26(23)47-2)19-41-15-13-40(14-16-41)12-10-35-28(43)18-27-31(44)37-25(21-48-27)32(45)46/h6-8,11,17,25,27H,3-5,9-10,12-16,18-21H2,1-2H3,(H,35,43)(H,37,44)(H,45,46)(H3,34,36,38,39)/t25-,27?/m0/s1. The van der Waals surface area contributed by atoms with E-state index in [1.807, 2.05) is 12.3 Å². The third-order valence-corrected chi connectivity index (χ3v) is 10.1. The summed E-state index contributed by atoms with van der Waals surface area (Å²) in [5.74, 6) is 0.451. The van der Waals surface area contributed by atoms with Gasteiger partial charge in [-0.3, -0.25) is 19.4 Å². The molecule has 3 aromatic rings. The lowest BCUT2D eigenvalue weighted by atomic mass is 10.1. The van der Waals surface area contributed by atoms with Gasteiger partial charge < -0.3 is 36.1 Å². The second-order valence-electron chi connectivity index (χ2n) is 12.3. The first-order valence-electron chi connectivity index (χ1n) is 16.6. The van der Waals surface area contributed by atoms with Crippen LogP contribution in [0.25, 0.3) is 11.0 Å². The van der Waals surface area contributed by atoms with Gasteiger partial charge in [0.25, 0.3) is 0 Å². The molecule has 5 rings (SSSR count). The number of carbonyl (C=O) groups excluding carboxylic acids is 2. The number of hydrogen-bond acceptors (Lipinski definition) is 11. The Kier molecular flexibility index (Phi) is 12.4. The molecule has 4 heterocycles. The number of methoxy groups -OCH3 is 1. The van der Waals surface area contributed by atoms with E-state index in [1.54, 1.807) is 7.11 Å². The number of aromatic nitrogens is 3. The van der Waals surface area contributed by atoms with Crippen LogP contribution in [0.2, 0.25) is 0 Å². The Morgan fingerprint density at radius 2 is 1.90 bits per heavy atom. The minimum absolute atomic E-state index is 0.0435. The molecule has 0 spiro atoms. The SMILES string of the molecule is CCCCCNc1nc(N)nc2ccn(Cc3ccc(CN4CCN(CCNC(=O)CC5SC[C@@H](C(=O)O)NC5=O)CC4)cc3OC)c12. The average Bonchev–Trinajstić information content (AvgIpc) is 3.47. The van der Waals surface area contributed by atoms with Crippen molar-refractivity contribution in [3.8, 4) is 5.75 Å². The van der Waals surface area contributed by atoms with Crippen LogP contribution in [0, 0.1) is 0 Å². The highest BCUT2D eigenvalue weighted by Crippen LogP contribution is 2.28. The molecule has 1 aromatic carbocycles. The Hall–Kier alpha value is -4.08. The molecule has 2 aliphatic rings. The average molecular weight is 682 g/mol. The van der Waals surface area contributed by atoms with Gasteiger partial charge in [0, 0.05) is 76.3 Å². The summed E-state index contributed by atoms with van der Waals surface area (Å²) in [4.78, 5) is 49.3. The zero-order valence-corrected chi connectivity index (χ0v) is 28.6. The van der Waals surface area contributed by atoms with E-state index >= 15 is 0 Å². The number of nitrogens with zero attached hydrogens (tertiary/aromatic N) is 5. The van der Waals surface area contributed by atoms with Gasteiger partial charge in [-0.05, 0) is 24.1 Å². The number of piperazine rings is 1. The van der Waals surface area contributed by atoms with Crippen molar-refractivity contribution in [1.29, 1.82) is 0 Å². The number of nitrogen functional groups attached to an aromatic ring is 1. The molecule has 2 amide bonds. The Balaban J connectivity index is 1.08. The van der Waals surface area contributed by atoms with Crippen LogP contribution >= 0.6 is 11.8 Å². The molecule has 2 saturated heterocycles. The number of nitrogens with two attached hydrogens (primary N) is 1. The number of rotatable bonds is 16. The first-order chi connectivity index (χ1) is 23.2. The van der Waals surface area contributed by atoms with Crippen molar-refractivity contribution in [2.75, 3.05) is 69.7 Å². The molecule has 2 aliphatic heterocycles. The maximum Gasteiger partial charge on any atom is 0.327 e. The zero-order chi connectivity index (χ0) is 34.0. The number of carbonyl (C=O) groups is 3. The molecule has 2 atom stereocenters. The number of carboxylic acids is 1. The first-order valence-corrected chi connectivity index (χ1v) is 17.7. The number of unbranched alkanes of at least 4 members (excludes halogenated alkanes) is 2. The summed E-state index contributed by atoms with van der Waals surface area (Å²) < 4.78 is 7.97. The van der Waals surface area contributed by atoms with Gasteiger partial charge in [0.05, 0.1) is 24.4 Å². The normalized spacial score (nSPS) is 18.8. The van der Waals surface area contributed by atoms with E-state index < -0.39 is 23.2 Å². The van der Waals surface area contributed by atoms with Crippen molar-refractivity contribution in [2.24, 2.45) is 0 Å². The smallest absolute Gasteiger partial charge is 0.327 e. The van der Waals surface area contributed by atoms with Crippen LogP contribution in [0.3, 0.4) is 0 Å². The van der Waals surface area contributed by atoms with Gasteiger partial charge in [0.1, 0.15) is 17.3 Å². The second kappa shape index (κ2) is 16.8. The molecule has 15 heteroatoms. The molecule has 0 saturated carbocycles. The van der Waals surface area contributed by atoms with Crippen molar-refractivity contribution in [3.63, 3.8) is 0 Å². The maximum atomic E-state index is 12.4. The van der Waals surface area contributed by atoms with E-state index in [2.05, 4.69) is 65.4 Å². The molecule has 14 nitrogen and oxygen atoms in total. The monoisotopic (exact) mass is 681 g/mol. The van der Waals surface area contributed by atoms with Crippen LogP contribution in [0.4, 0.5) is 11.8 Å². The summed E-state index contributed by atoms with van der Waals surface area (Å²) >= 11 is 1.22. The molecule has 2 aromatic heterocycles. The van der Waals surface area contributed by atoms with Crippen molar-refractivity contribution in [2.45, 2.75) is 57.0 Å². The van der Waals surface area contributed by atoms with E-state index in [-0.39, 0.29) is 24.0 Å². The summed E-state index contributed by atoms with van der Waals surface area (Å²) in [5, 5.41) is 17.3. The van der Waals surface area contributed by atoms with Crippen LogP contribution in [-0.2, 0) is 27.5 Å². The number of ether oxygens (including phenoxy) is 1. The molecular weight excluding hydrogens is 634 g/mol. The predicted octanol–water partition coefficient (Wildman–Crippen LogP) is 1.98. The third-order valence-electron chi connectivity index (χ3n) is 8.76. The van der Waals surface area contributed by atoms with E-state index in [4.69, 9.17) is 15.6 Å². The summed E-state index contributed by atoms with van der Waals surface area (Å²) in [7, 11) is 1.70. The second-order valence-corrected chi connectivity index (χ2v) is 13.5. The third kappa shape index (κ3) is 9.29. The fourth-order valence-electron chi connectivity index (χ4n) is 6.07. The van der Waals surface area contributed by atoms with Gasteiger partial charge in [0.15, 0.2) is 5.82 Å². The molecule has 6 N–H and O–H groups in total. The highest BCUT2D eigenvalue weighted by atomic mass is 32.2. The van der Waals surface area contributed by atoms with E-state index in [0.29, 0.717) is 13.1 Å². The lowest BCUT2D eigenvalue weighted by Gasteiger charge is -2.34. The molecule has 2 fully saturated rings. The fourth-order valence-corrected chi connectivity index (χ4v) is 7.20. The number of anilines is 2. The van der Waals surface area contributed by atoms with Crippen LogP contribution < -0.4 is 26.4 Å². The van der Waals surface area contributed by atoms with Crippen molar-refractivity contribution < 1.29 is 24.2 Å². The Morgan fingerprint density at radius 3 is 2.62 bits per heavy atom. The van der Waals surface area contributed by atoms with Crippen LogP contribution in [0.1, 0.15) is 43.7 Å². The molecule has 0 bridgehead atoms. The van der Waals surface area contributed by atoms with Crippen molar-refractivity contribution in [1.82, 2.24) is 35.0 Å². The van der Waals surface area contributed by atoms with Gasteiger partial charge in [-0.2, -0.15) is 4.98 Å². The molecule has 0 radical (unpaired) electrons. The van der Waals surface area contributed by atoms with Crippen LogP contribution in [0.15, 0.2) is 30.5 Å². The number of amides is 2. The Morgan fingerprint density at radius 1 is 1.10 bits per heavy atom.